The van der Waals surface area contributed by atoms with Crippen LogP contribution in [0.3, 0.4) is 0 Å². The van der Waals surface area contributed by atoms with Gasteiger partial charge in [0.05, 0.1) is 5.69 Å². The summed E-state index contributed by atoms with van der Waals surface area (Å²) in [5.41, 5.74) is 7.56. The fourth-order valence-electron chi connectivity index (χ4n) is 7.49. The third-order valence-electron chi connectivity index (χ3n) is 9.79. The van der Waals surface area contributed by atoms with E-state index in [0.29, 0.717) is 0 Å². The van der Waals surface area contributed by atoms with Crippen LogP contribution < -0.4 is 4.90 Å². The highest BCUT2D eigenvalue weighted by molar-refractivity contribution is 6.20. The molecular formula is C46H29NO. The molecule has 10 rings (SSSR count). The number of hydrogen-bond acceptors (Lipinski definition) is 2. The van der Waals surface area contributed by atoms with Crippen molar-refractivity contribution >= 4 is 82.1 Å². The van der Waals surface area contributed by atoms with Crippen LogP contribution in [0.2, 0.25) is 0 Å². The minimum atomic E-state index is 0.904. The Morgan fingerprint density at radius 3 is 1.81 bits per heavy atom. The summed E-state index contributed by atoms with van der Waals surface area (Å²) in [7, 11) is 0. The summed E-state index contributed by atoms with van der Waals surface area (Å²) in [4.78, 5) is 2.41. The molecule has 10 aromatic rings. The third-order valence-corrected chi connectivity index (χ3v) is 9.79. The topological polar surface area (TPSA) is 16.4 Å². The molecule has 0 aliphatic rings. The summed E-state index contributed by atoms with van der Waals surface area (Å²) in [6.07, 6.45) is 0. The molecule has 0 radical (unpaired) electrons. The van der Waals surface area contributed by atoms with Gasteiger partial charge in [-0.05, 0) is 97.4 Å². The fourth-order valence-corrected chi connectivity index (χ4v) is 7.49. The maximum atomic E-state index is 6.37. The molecule has 0 saturated carbocycles. The number of hydrogen-bond donors (Lipinski definition) is 0. The second kappa shape index (κ2) is 10.6. The molecule has 2 heteroatoms. The summed E-state index contributed by atoms with van der Waals surface area (Å²) >= 11 is 0. The van der Waals surface area contributed by atoms with Crippen LogP contribution in [0.4, 0.5) is 17.1 Å². The maximum absolute atomic E-state index is 6.37. The van der Waals surface area contributed by atoms with Crippen molar-refractivity contribution in [2.45, 2.75) is 0 Å². The van der Waals surface area contributed by atoms with Crippen LogP contribution in [0.15, 0.2) is 180 Å². The molecule has 0 spiro atoms. The number of fused-ring (bicyclic) bond motifs is 9. The molecular weight excluding hydrogens is 583 g/mol. The van der Waals surface area contributed by atoms with Gasteiger partial charge < -0.3 is 9.32 Å². The molecule has 1 heterocycles. The molecule has 0 fully saturated rings. The van der Waals surface area contributed by atoms with Crippen LogP contribution >= 0.6 is 0 Å². The summed E-state index contributed by atoms with van der Waals surface area (Å²) in [5.74, 6) is 0. The van der Waals surface area contributed by atoms with Gasteiger partial charge in [0.1, 0.15) is 11.2 Å². The van der Waals surface area contributed by atoms with Crippen LogP contribution in [0, 0.1) is 0 Å². The minimum Gasteiger partial charge on any atom is -0.456 e. The molecule has 0 atom stereocenters. The molecule has 9 aromatic carbocycles. The van der Waals surface area contributed by atoms with Crippen molar-refractivity contribution in [2.75, 3.05) is 4.90 Å². The Labute approximate surface area is 277 Å². The van der Waals surface area contributed by atoms with Crippen LogP contribution in [-0.4, -0.2) is 0 Å². The summed E-state index contributed by atoms with van der Waals surface area (Å²) < 4.78 is 6.37. The number of nitrogens with zero attached hydrogens (tertiary/aromatic N) is 1. The predicted molar refractivity (Wildman–Crippen MR) is 204 cm³/mol. The van der Waals surface area contributed by atoms with Gasteiger partial charge in [-0.25, -0.2) is 0 Å². The number of anilines is 3. The Kier molecular flexibility index (Phi) is 5.91. The number of furan rings is 1. The van der Waals surface area contributed by atoms with Crippen molar-refractivity contribution < 1.29 is 4.42 Å². The van der Waals surface area contributed by atoms with Crippen molar-refractivity contribution in [3.63, 3.8) is 0 Å². The Morgan fingerprint density at radius 1 is 0.312 bits per heavy atom. The van der Waals surface area contributed by atoms with Crippen molar-refractivity contribution in [3.05, 3.63) is 176 Å². The van der Waals surface area contributed by atoms with Crippen molar-refractivity contribution in [2.24, 2.45) is 0 Å². The highest BCUT2D eigenvalue weighted by Gasteiger charge is 2.19. The lowest BCUT2D eigenvalue weighted by Gasteiger charge is -2.28. The normalized spacial score (nSPS) is 11.8. The maximum Gasteiger partial charge on any atom is 0.136 e. The Bertz CT molecular complexity index is 2830. The second-order valence-corrected chi connectivity index (χ2v) is 12.5. The number of rotatable bonds is 4. The average Bonchev–Trinajstić information content (AvgIpc) is 3.52. The van der Waals surface area contributed by atoms with E-state index in [1.807, 2.05) is 12.1 Å². The van der Waals surface area contributed by atoms with Gasteiger partial charge in [-0.3, -0.25) is 0 Å². The molecule has 0 aliphatic carbocycles. The van der Waals surface area contributed by atoms with E-state index in [1.54, 1.807) is 0 Å². The van der Waals surface area contributed by atoms with E-state index < -0.39 is 0 Å². The SMILES string of the molecule is c1ccc(-c2ccc(N(c3ccc4c(ccc5ccccc54)c3)c3cc4cc5oc6ccccc6c5cc4c4ccccc34)cc2)cc1. The van der Waals surface area contributed by atoms with Gasteiger partial charge in [-0.15, -0.1) is 0 Å². The predicted octanol–water partition coefficient (Wildman–Crippen LogP) is 13.3. The van der Waals surface area contributed by atoms with Crippen molar-refractivity contribution in [1.29, 1.82) is 0 Å². The summed E-state index contributed by atoms with van der Waals surface area (Å²) in [6.45, 7) is 0. The van der Waals surface area contributed by atoms with Crippen LogP contribution in [0.1, 0.15) is 0 Å². The molecule has 48 heavy (non-hydrogen) atoms. The molecule has 0 bridgehead atoms. The van der Waals surface area contributed by atoms with Gasteiger partial charge in [0.15, 0.2) is 0 Å². The number of benzene rings is 9. The van der Waals surface area contributed by atoms with Crippen molar-refractivity contribution in [3.8, 4) is 11.1 Å². The van der Waals surface area contributed by atoms with Crippen LogP contribution in [0.25, 0.3) is 76.2 Å². The summed E-state index contributed by atoms with van der Waals surface area (Å²) in [6, 6.07) is 63.4. The first kappa shape index (κ1) is 26.8. The molecule has 0 aliphatic heterocycles. The van der Waals surface area contributed by atoms with E-state index in [0.717, 1.165) is 44.4 Å². The number of para-hydroxylation sites is 1. The quantitative estimate of drug-likeness (QED) is 0.184. The highest BCUT2D eigenvalue weighted by Crippen LogP contribution is 2.45. The van der Waals surface area contributed by atoms with Crippen LogP contribution in [0.5, 0.6) is 0 Å². The highest BCUT2D eigenvalue weighted by atomic mass is 16.3. The Balaban J connectivity index is 1.24. The minimum absolute atomic E-state index is 0.904. The summed E-state index contributed by atoms with van der Waals surface area (Å²) in [5, 5.41) is 12.1. The van der Waals surface area contributed by atoms with Gasteiger partial charge in [-0.2, -0.15) is 0 Å². The van der Waals surface area contributed by atoms with E-state index in [4.69, 9.17) is 4.42 Å². The van der Waals surface area contributed by atoms with E-state index in [1.165, 1.54) is 48.8 Å². The molecule has 1 aromatic heterocycles. The first-order chi connectivity index (χ1) is 23.8. The fraction of sp³-hybridized carbons (Fsp3) is 0. The lowest BCUT2D eigenvalue weighted by Crippen LogP contribution is -2.10. The molecule has 224 valence electrons. The molecule has 0 saturated heterocycles. The second-order valence-electron chi connectivity index (χ2n) is 12.5. The molecule has 2 nitrogen and oxygen atoms in total. The zero-order valence-electron chi connectivity index (χ0n) is 26.1. The lowest BCUT2D eigenvalue weighted by molar-refractivity contribution is 0.669. The average molecular weight is 612 g/mol. The molecule has 0 N–H and O–H groups in total. The van der Waals surface area contributed by atoms with Gasteiger partial charge >= 0.3 is 0 Å². The molecule has 0 amide bonds. The Hall–Kier alpha value is -6.38. The monoisotopic (exact) mass is 611 g/mol. The smallest absolute Gasteiger partial charge is 0.136 e. The molecule has 0 unspecified atom stereocenters. The third kappa shape index (κ3) is 4.20. The van der Waals surface area contributed by atoms with Gasteiger partial charge in [0, 0.05) is 27.5 Å². The Morgan fingerprint density at radius 2 is 0.958 bits per heavy atom. The van der Waals surface area contributed by atoms with E-state index in [9.17, 15) is 0 Å². The van der Waals surface area contributed by atoms with Crippen LogP contribution in [-0.2, 0) is 0 Å². The first-order valence-electron chi connectivity index (χ1n) is 16.4. The van der Waals surface area contributed by atoms with E-state index in [-0.39, 0.29) is 0 Å². The first-order valence-corrected chi connectivity index (χ1v) is 16.4. The van der Waals surface area contributed by atoms with Crippen molar-refractivity contribution in [1.82, 2.24) is 0 Å². The standard InChI is InChI=1S/C46H29NO/c1-2-10-30(11-3-1)31-20-22-35(23-21-31)47(36-24-25-38-33(26-36)19-18-32-12-4-5-13-37(32)38)44-27-34-28-46-43(41-16-8-9-17-45(41)48-46)29-42(34)39-14-6-7-15-40(39)44/h1-29H. The van der Waals surface area contributed by atoms with E-state index in [2.05, 4.69) is 169 Å². The zero-order valence-corrected chi connectivity index (χ0v) is 26.1. The van der Waals surface area contributed by atoms with Gasteiger partial charge in [0.2, 0.25) is 0 Å². The lowest BCUT2D eigenvalue weighted by atomic mass is 9.96. The largest absolute Gasteiger partial charge is 0.456 e. The van der Waals surface area contributed by atoms with Gasteiger partial charge in [0.25, 0.3) is 0 Å². The zero-order chi connectivity index (χ0) is 31.6. The van der Waals surface area contributed by atoms with E-state index >= 15 is 0 Å². The van der Waals surface area contributed by atoms with Gasteiger partial charge in [-0.1, -0.05) is 127 Å².